The second-order valence-electron chi connectivity index (χ2n) is 5.51. The molecule has 2 aromatic carbocycles. The summed E-state index contributed by atoms with van der Waals surface area (Å²) < 4.78 is 33.0. The van der Waals surface area contributed by atoms with Gasteiger partial charge < -0.3 is 10.1 Å². The number of sulfonamides is 1. The molecule has 1 amide bonds. The minimum absolute atomic E-state index is 0.116. The fourth-order valence-electron chi connectivity index (χ4n) is 2.58. The lowest BCUT2D eigenvalue weighted by Gasteiger charge is -2.12. The van der Waals surface area contributed by atoms with E-state index in [1.165, 1.54) is 31.3 Å². The molecule has 2 aromatic rings. The predicted molar refractivity (Wildman–Crippen MR) is 89.6 cm³/mol. The molecule has 0 saturated heterocycles. The smallest absolute Gasteiger partial charge is 0.251 e. The van der Waals surface area contributed by atoms with Gasteiger partial charge in [-0.15, -0.1) is 0 Å². The van der Waals surface area contributed by atoms with Gasteiger partial charge in [0.15, 0.2) is 0 Å². The second kappa shape index (κ2) is 6.62. The van der Waals surface area contributed by atoms with Crippen molar-refractivity contribution in [1.29, 1.82) is 0 Å². The Bertz CT molecular complexity index is 822. The fourth-order valence-corrected chi connectivity index (χ4v) is 3.65. The van der Waals surface area contributed by atoms with Crippen molar-refractivity contribution in [2.75, 3.05) is 13.6 Å². The molecule has 24 heavy (non-hydrogen) atoms. The molecule has 0 bridgehead atoms. The van der Waals surface area contributed by atoms with Crippen molar-refractivity contribution in [3.05, 3.63) is 59.7 Å². The van der Waals surface area contributed by atoms with E-state index in [1.54, 1.807) is 0 Å². The van der Waals surface area contributed by atoms with Crippen molar-refractivity contribution in [1.82, 2.24) is 10.0 Å². The highest BCUT2D eigenvalue weighted by Crippen LogP contribution is 2.27. The minimum Gasteiger partial charge on any atom is -0.488 e. The van der Waals surface area contributed by atoms with Gasteiger partial charge in [-0.05, 0) is 35.9 Å². The monoisotopic (exact) mass is 346 g/mol. The van der Waals surface area contributed by atoms with E-state index in [2.05, 4.69) is 10.0 Å². The first-order valence-corrected chi connectivity index (χ1v) is 9.04. The molecule has 0 saturated carbocycles. The molecular weight excluding hydrogens is 328 g/mol. The first kappa shape index (κ1) is 16.5. The minimum atomic E-state index is -3.65. The molecule has 1 heterocycles. The SMILES string of the molecule is CNC(=O)c1ccc(S(=O)(=O)NC[C@@H]2Cc3ccccc3O2)cc1. The number of hydrogen-bond donors (Lipinski definition) is 2. The number of rotatable bonds is 5. The number of carbonyl (C=O) groups excluding carboxylic acids is 1. The normalized spacial score (nSPS) is 16.3. The highest BCUT2D eigenvalue weighted by Gasteiger charge is 2.24. The number of para-hydroxylation sites is 1. The van der Waals surface area contributed by atoms with Gasteiger partial charge in [0.2, 0.25) is 10.0 Å². The molecule has 3 rings (SSSR count). The summed E-state index contributed by atoms with van der Waals surface area (Å²) in [6.45, 7) is 0.189. The maximum absolute atomic E-state index is 12.3. The first-order valence-electron chi connectivity index (χ1n) is 7.56. The van der Waals surface area contributed by atoms with Gasteiger partial charge in [-0.3, -0.25) is 4.79 Å². The number of amides is 1. The van der Waals surface area contributed by atoms with Gasteiger partial charge in [0.25, 0.3) is 5.91 Å². The van der Waals surface area contributed by atoms with Gasteiger partial charge in [0, 0.05) is 25.6 Å². The third-order valence-corrected chi connectivity index (χ3v) is 5.31. The molecule has 0 unspecified atom stereocenters. The van der Waals surface area contributed by atoms with Crippen molar-refractivity contribution in [3.8, 4) is 5.75 Å². The van der Waals surface area contributed by atoms with Crippen LogP contribution in [0.3, 0.4) is 0 Å². The number of carbonyl (C=O) groups is 1. The van der Waals surface area contributed by atoms with Crippen LogP contribution in [-0.4, -0.2) is 34.0 Å². The lowest BCUT2D eigenvalue weighted by molar-refractivity contribution is 0.0963. The number of hydrogen-bond acceptors (Lipinski definition) is 4. The van der Waals surface area contributed by atoms with E-state index in [0.29, 0.717) is 12.0 Å². The maximum atomic E-state index is 12.3. The summed E-state index contributed by atoms with van der Waals surface area (Å²) in [4.78, 5) is 11.6. The van der Waals surface area contributed by atoms with Gasteiger partial charge in [0.05, 0.1) is 4.90 Å². The van der Waals surface area contributed by atoms with Crippen LogP contribution >= 0.6 is 0 Å². The number of fused-ring (bicyclic) bond motifs is 1. The van der Waals surface area contributed by atoms with Gasteiger partial charge in [-0.2, -0.15) is 0 Å². The molecule has 2 N–H and O–H groups in total. The molecule has 0 fully saturated rings. The van der Waals surface area contributed by atoms with Gasteiger partial charge in [0.1, 0.15) is 11.9 Å². The summed E-state index contributed by atoms with van der Waals surface area (Å²) in [5.74, 6) is 0.542. The van der Waals surface area contributed by atoms with Gasteiger partial charge in [-0.25, -0.2) is 13.1 Å². The maximum Gasteiger partial charge on any atom is 0.251 e. The van der Waals surface area contributed by atoms with Crippen LogP contribution in [0.25, 0.3) is 0 Å². The summed E-state index contributed by atoms with van der Waals surface area (Å²) in [5.41, 5.74) is 1.49. The van der Waals surface area contributed by atoms with E-state index in [9.17, 15) is 13.2 Å². The van der Waals surface area contributed by atoms with E-state index >= 15 is 0 Å². The van der Waals surface area contributed by atoms with Crippen LogP contribution in [0, 0.1) is 0 Å². The van der Waals surface area contributed by atoms with Crippen molar-refractivity contribution in [3.63, 3.8) is 0 Å². The van der Waals surface area contributed by atoms with Crippen LogP contribution in [0.2, 0.25) is 0 Å². The average Bonchev–Trinajstić information content (AvgIpc) is 3.02. The van der Waals surface area contributed by atoms with Crippen molar-refractivity contribution >= 4 is 15.9 Å². The highest BCUT2D eigenvalue weighted by molar-refractivity contribution is 7.89. The molecule has 0 radical (unpaired) electrons. The van der Waals surface area contributed by atoms with Crippen LogP contribution in [-0.2, 0) is 16.4 Å². The Morgan fingerprint density at radius 2 is 1.88 bits per heavy atom. The first-order chi connectivity index (χ1) is 11.5. The fraction of sp³-hybridized carbons (Fsp3) is 0.235. The third-order valence-electron chi connectivity index (χ3n) is 3.87. The molecule has 7 heteroatoms. The van der Waals surface area contributed by atoms with Crippen molar-refractivity contribution < 1.29 is 17.9 Å². The highest BCUT2D eigenvalue weighted by atomic mass is 32.2. The Hall–Kier alpha value is -2.38. The van der Waals surface area contributed by atoms with Crippen molar-refractivity contribution in [2.45, 2.75) is 17.4 Å². The Kier molecular flexibility index (Phi) is 4.55. The lowest BCUT2D eigenvalue weighted by atomic mass is 10.1. The number of ether oxygens (including phenoxy) is 1. The van der Waals surface area contributed by atoms with Crippen LogP contribution in [0.15, 0.2) is 53.4 Å². The van der Waals surface area contributed by atoms with Crippen LogP contribution in [0.4, 0.5) is 0 Å². The Balaban J connectivity index is 1.64. The summed E-state index contributed by atoms with van der Waals surface area (Å²) in [6, 6.07) is 13.5. The number of benzene rings is 2. The zero-order chi connectivity index (χ0) is 17.2. The molecular formula is C17H18N2O4S. The summed E-state index contributed by atoms with van der Waals surface area (Å²) >= 11 is 0. The lowest BCUT2D eigenvalue weighted by Crippen LogP contribution is -2.34. The molecule has 0 aliphatic carbocycles. The topological polar surface area (TPSA) is 84.5 Å². The summed E-state index contributed by atoms with van der Waals surface area (Å²) in [5, 5.41) is 2.49. The molecule has 6 nitrogen and oxygen atoms in total. The summed E-state index contributed by atoms with van der Waals surface area (Å²) in [7, 11) is -2.12. The largest absolute Gasteiger partial charge is 0.488 e. The molecule has 1 aliphatic heterocycles. The zero-order valence-corrected chi connectivity index (χ0v) is 14.0. The van der Waals surface area contributed by atoms with Gasteiger partial charge in [-0.1, -0.05) is 18.2 Å². The standard InChI is InChI=1S/C17H18N2O4S/c1-18-17(20)12-6-8-15(9-7-12)24(21,22)19-11-14-10-13-4-2-3-5-16(13)23-14/h2-9,14,19H,10-11H2,1H3,(H,18,20)/t14-/m0/s1. The number of nitrogens with one attached hydrogen (secondary N) is 2. The summed E-state index contributed by atoms with van der Waals surface area (Å²) in [6.07, 6.45) is 0.455. The molecule has 1 aliphatic rings. The van der Waals surface area contributed by atoms with Crippen LogP contribution < -0.4 is 14.8 Å². The van der Waals surface area contributed by atoms with E-state index in [4.69, 9.17) is 4.74 Å². The van der Waals surface area contributed by atoms with E-state index in [1.807, 2.05) is 24.3 Å². The Morgan fingerprint density at radius 3 is 2.54 bits per heavy atom. The van der Waals surface area contributed by atoms with Crippen LogP contribution in [0.1, 0.15) is 15.9 Å². The van der Waals surface area contributed by atoms with E-state index < -0.39 is 10.0 Å². The Labute approximate surface area is 140 Å². The second-order valence-corrected chi connectivity index (χ2v) is 7.27. The van der Waals surface area contributed by atoms with E-state index in [0.717, 1.165) is 11.3 Å². The van der Waals surface area contributed by atoms with Crippen molar-refractivity contribution in [2.24, 2.45) is 0 Å². The third kappa shape index (κ3) is 3.42. The van der Waals surface area contributed by atoms with Gasteiger partial charge >= 0.3 is 0 Å². The molecule has 0 spiro atoms. The molecule has 1 atom stereocenters. The molecule has 0 aromatic heterocycles. The average molecular weight is 346 g/mol. The van der Waals surface area contributed by atoms with E-state index in [-0.39, 0.29) is 23.5 Å². The quantitative estimate of drug-likeness (QED) is 0.855. The predicted octanol–water partition coefficient (Wildman–Crippen LogP) is 1.33. The van der Waals surface area contributed by atoms with Crippen LogP contribution in [0.5, 0.6) is 5.75 Å². The molecule has 126 valence electrons. The zero-order valence-electron chi connectivity index (χ0n) is 13.2. The Morgan fingerprint density at radius 1 is 1.17 bits per heavy atom.